The van der Waals surface area contributed by atoms with Gasteiger partial charge in [0, 0.05) is 37.4 Å². The van der Waals surface area contributed by atoms with Gasteiger partial charge in [0.25, 0.3) is 0 Å². The molecule has 2 fully saturated rings. The van der Waals surface area contributed by atoms with Crippen LogP contribution >= 0.6 is 0 Å². The van der Waals surface area contributed by atoms with Gasteiger partial charge in [0.15, 0.2) is 5.60 Å². The lowest BCUT2D eigenvalue weighted by atomic mass is 9.77. The largest absolute Gasteiger partial charge is 0.450 e. The molecule has 5 heteroatoms. The second kappa shape index (κ2) is 5.74. The smallest absolute Gasteiger partial charge is 0.313 e. The molecule has 0 radical (unpaired) electrons. The Hall–Kier alpha value is -1.59. The lowest BCUT2D eigenvalue weighted by Crippen LogP contribution is -2.47. The molecule has 4 rings (SSSR count). The van der Waals surface area contributed by atoms with E-state index in [-0.39, 0.29) is 18.7 Å². The first-order valence-electron chi connectivity index (χ1n) is 9.10. The van der Waals surface area contributed by atoms with Crippen molar-refractivity contribution in [3.05, 3.63) is 29.8 Å². The molecule has 0 aliphatic carbocycles. The summed E-state index contributed by atoms with van der Waals surface area (Å²) in [6.07, 6.45) is 3.78. The Bertz CT molecular complexity index is 649. The van der Waals surface area contributed by atoms with Crippen molar-refractivity contribution in [2.24, 2.45) is 5.41 Å². The van der Waals surface area contributed by atoms with E-state index in [4.69, 9.17) is 4.74 Å². The van der Waals surface area contributed by atoms with E-state index >= 15 is 0 Å². The summed E-state index contributed by atoms with van der Waals surface area (Å²) in [7, 11) is 0. The lowest BCUT2D eigenvalue weighted by molar-refractivity contribution is -0.176. The molecule has 3 heterocycles. The maximum atomic E-state index is 13.2. The van der Waals surface area contributed by atoms with E-state index in [1.165, 1.54) is 0 Å². The quantitative estimate of drug-likeness (QED) is 0.834. The van der Waals surface area contributed by atoms with Gasteiger partial charge in [-0.1, -0.05) is 25.1 Å². The fraction of sp³-hybridized carbons (Fsp3) is 0.632. The van der Waals surface area contributed by atoms with Crippen LogP contribution in [0.2, 0.25) is 0 Å². The molecule has 0 amide bonds. The summed E-state index contributed by atoms with van der Waals surface area (Å²) in [4.78, 5) is 15.6. The number of hydrogen-bond acceptors (Lipinski definition) is 5. The SMILES string of the molecule is CCC1(CCO)CCCN2CCC3(OC1=O)c1ccccc1NC23. The van der Waals surface area contributed by atoms with Gasteiger partial charge in [-0.2, -0.15) is 0 Å². The van der Waals surface area contributed by atoms with E-state index in [2.05, 4.69) is 22.3 Å². The Morgan fingerprint density at radius 2 is 2.17 bits per heavy atom. The van der Waals surface area contributed by atoms with Gasteiger partial charge in [0.2, 0.25) is 0 Å². The summed E-state index contributed by atoms with van der Waals surface area (Å²) in [6.45, 7) is 3.96. The first-order valence-corrected chi connectivity index (χ1v) is 9.10. The van der Waals surface area contributed by atoms with Crippen molar-refractivity contribution in [1.29, 1.82) is 0 Å². The number of fused-ring (bicyclic) bond motifs is 1. The monoisotopic (exact) mass is 330 g/mol. The van der Waals surface area contributed by atoms with Crippen molar-refractivity contribution in [3.63, 3.8) is 0 Å². The zero-order chi connectivity index (χ0) is 16.8. The Labute approximate surface area is 143 Å². The van der Waals surface area contributed by atoms with Crippen molar-refractivity contribution in [2.45, 2.75) is 50.8 Å². The Balaban J connectivity index is 1.77. The number of aliphatic hydroxyl groups is 1. The van der Waals surface area contributed by atoms with Crippen LogP contribution in [0.4, 0.5) is 5.69 Å². The zero-order valence-corrected chi connectivity index (χ0v) is 14.3. The molecule has 5 nitrogen and oxygen atoms in total. The Kier molecular flexibility index (Phi) is 3.81. The molecular formula is C19H26N2O3. The number of esters is 1. The molecule has 0 saturated carbocycles. The predicted molar refractivity (Wildman–Crippen MR) is 91.5 cm³/mol. The molecule has 24 heavy (non-hydrogen) atoms. The van der Waals surface area contributed by atoms with Gasteiger partial charge in [-0.25, -0.2) is 0 Å². The van der Waals surface area contributed by atoms with Crippen molar-refractivity contribution in [1.82, 2.24) is 4.90 Å². The van der Waals surface area contributed by atoms with Crippen molar-refractivity contribution in [2.75, 3.05) is 25.0 Å². The van der Waals surface area contributed by atoms with Gasteiger partial charge < -0.3 is 15.2 Å². The molecule has 4 unspecified atom stereocenters. The normalized spacial score (nSPS) is 37.5. The van der Waals surface area contributed by atoms with E-state index in [0.717, 1.165) is 43.6 Å². The van der Waals surface area contributed by atoms with Crippen LogP contribution in [0.25, 0.3) is 0 Å². The first-order chi connectivity index (χ1) is 11.6. The number of carbonyl (C=O) groups is 1. The number of aliphatic hydroxyl groups excluding tert-OH is 1. The minimum absolute atomic E-state index is 0.0257. The standard InChI is InChI=1S/C19H26N2O3/c1-2-18(10-13-22)8-5-11-21-12-9-19(24-17(18)23)14-6-3-4-7-15(14)20-16(19)21/h3-4,6-7,16,20,22H,2,5,8-13H2,1H3. The van der Waals surface area contributed by atoms with E-state index in [1.807, 2.05) is 19.1 Å². The van der Waals surface area contributed by atoms with Gasteiger partial charge in [-0.15, -0.1) is 0 Å². The number of benzene rings is 1. The number of carbonyl (C=O) groups excluding carboxylic acids is 1. The minimum atomic E-state index is -0.589. The Morgan fingerprint density at radius 3 is 2.96 bits per heavy atom. The average Bonchev–Trinajstić information content (AvgIpc) is 3.09. The zero-order valence-electron chi connectivity index (χ0n) is 14.3. The number of nitrogens with zero attached hydrogens (tertiary/aromatic N) is 1. The maximum Gasteiger partial charge on any atom is 0.313 e. The summed E-state index contributed by atoms with van der Waals surface area (Å²) in [5, 5.41) is 13.1. The molecule has 2 N–H and O–H groups in total. The summed E-state index contributed by atoms with van der Waals surface area (Å²) in [5.41, 5.74) is 1.03. The highest BCUT2D eigenvalue weighted by Crippen LogP contribution is 2.52. The minimum Gasteiger partial charge on any atom is -0.450 e. The average molecular weight is 330 g/mol. The highest BCUT2D eigenvalue weighted by Gasteiger charge is 2.58. The first kappa shape index (κ1) is 15.9. The van der Waals surface area contributed by atoms with Crippen molar-refractivity contribution < 1.29 is 14.6 Å². The van der Waals surface area contributed by atoms with Crippen LogP contribution in [0, 0.1) is 5.41 Å². The fourth-order valence-electron chi connectivity index (χ4n) is 4.82. The second-order valence-corrected chi connectivity index (χ2v) is 7.37. The molecule has 3 aliphatic rings. The van der Waals surface area contributed by atoms with E-state index < -0.39 is 11.0 Å². The van der Waals surface area contributed by atoms with Gasteiger partial charge >= 0.3 is 5.97 Å². The summed E-state index contributed by atoms with van der Waals surface area (Å²) in [6, 6.07) is 8.17. The second-order valence-electron chi connectivity index (χ2n) is 7.37. The molecule has 2 bridgehead atoms. The fourth-order valence-corrected chi connectivity index (χ4v) is 4.82. The molecule has 4 atom stereocenters. The number of hydrogen-bond donors (Lipinski definition) is 2. The Morgan fingerprint density at radius 1 is 1.33 bits per heavy atom. The van der Waals surface area contributed by atoms with Crippen LogP contribution in [0.3, 0.4) is 0 Å². The lowest BCUT2D eigenvalue weighted by Gasteiger charge is -2.35. The van der Waals surface area contributed by atoms with E-state index in [9.17, 15) is 9.90 Å². The van der Waals surface area contributed by atoms with E-state index in [0.29, 0.717) is 12.8 Å². The highest BCUT2D eigenvalue weighted by molar-refractivity contribution is 5.78. The van der Waals surface area contributed by atoms with Crippen LogP contribution in [0.5, 0.6) is 0 Å². The summed E-state index contributed by atoms with van der Waals surface area (Å²) >= 11 is 0. The number of ether oxygens (including phenoxy) is 1. The predicted octanol–water partition coefficient (Wildman–Crippen LogP) is 2.46. The third kappa shape index (κ3) is 2.11. The van der Waals surface area contributed by atoms with Crippen LogP contribution in [-0.2, 0) is 15.1 Å². The van der Waals surface area contributed by atoms with Gasteiger partial charge in [0.1, 0.15) is 6.17 Å². The molecule has 0 spiro atoms. The van der Waals surface area contributed by atoms with Gasteiger partial charge in [0.05, 0.1) is 5.41 Å². The highest BCUT2D eigenvalue weighted by atomic mass is 16.6. The summed E-state index contributed by atoms with van der Waals surface area (Å²) in [5.74, 6) is -0.133. The van der Waals surface area contributed by atoms with Crippen molar-refractivity contribution >= 4 is 11.7 Å². The van der Waals surface area contributed by atoms with Crippen LogP contribution in [-0.4, -0.2) is 41.8 Å². The van der Waals surface area contributed by atoms with Crippen LogP contribution in [0.15, 0.2) is 24.3 Å². The molecule has 0 aromatic heterocycles. The summed E-state index contributed by atoms with van der Waals surface area (Å²) < 4.78 is 6.31. The number of nitrogens with one attached hydrogen (secondary N) is 1. The molecule has 1 aromatic rings. The number of rotatable bonds is 3. The third-order valence-corrected chi connectivity index (χ3v) is 6.33. The molecule has 1 aromatic carbocycles. The van der Waals surface area contributed by atoms with Gasteiger partial charge in [-0.05, 0) is 31.7 Å². The molecule has 3 aliphatic heterocycles. The van der Waals surface area contributed by atoms with Gasteiger partial charge in [-0.3, -0.25) is 9.69 Å². The van der Waals surface area contributed by atoms with Crippen LogP contribution < -0.4 is 5.32 Å². The number of para-hydroxylation sites is 1. The third-order valence-electron chi connectivity index (χ3n) is 6.33. The molecule has 130 valence electrons. The van der Waals surface area contributed by atoms with Crippen molar-refractivity contribution in [3.8, 4) is 0 Å². The van der Waals surface area contributed by atoms with Crippen LogP contribution in [0.1, 0.15) is 44.6 Å². The number of anilines is 1. The molecule has 2 saturated heterocycles. The maximum absolute atomic E-state index is 13.2. The van der Waals surface area contributed by atoms with E-state index in [1.54, 1.807) is 0 Å². The topological polar surface area (TPSA) is 61.8 Å². The molecular weight excluding hydrogens is 304 g/mol.